The topological polar surface area (TPSA) is 98.7 Å². The summed E-state index contributed by atoms with van der Waals surface area (Å²) in [5.41, 5.74) is 0. The van der Waals surface area contributed by atoms with Crippen LogP contribution in [-0.4, -0.2) is 48.3 Å². The van der Waals surface area contributed by atoms with Crippen molar-refractivity contribution in [3.8, 4) is 0 Å². The molecule has 0 aromatic carbocycles. The third-order valence-electron chi connectivity index (χ3n) is 2.68. The van der Waals surface area contributed by atoms with Gasteiger partial charge < -0.3 is 20.8 Å². The Morgan fingerprint density at radius 2 is 1.05 bits per heavy atom. The highest BCUT2D eigenvalue weighted by molar-refractivity contribution is 5.76. The summed E-state index contributed by atoms with van der Waals surface area (Å²) in [4.78, 5) is 22.4. The highest BCUT2D eigenvalue weighted by Gasteiger charge is 2.01. The number of carbonyl (C=O) groups excluding carboxylic acids is 2. The summed E-state index contributed by atoms with van der Waals surface area (Å²) in [5, 5.41) is 22.3. The molecule has 0 rings (SSSR count). The van der Waals surface area contributed by atoms with Crippen LogP contribution >= 0.6 is 0 Å². The van der Waals surface area contributed by atoms with Gasteiger partial charge in [-0.2, -0.15) is 0 Å². The van der Waals surface area contributed by atoms with Crippen molar-refractivity contribution in [1.29, 1.82) is 0 Å². The van der Waals surface area contributed by atoms with Gasteiger partial charge in [-0.1, -0.05) is 19.3 Å². The first kappa shape index (κ1) is 17.9. The average molecular weight is 274 g/mol. The van der Waals surface area contributed by atoms with Crippen LogP contribution in [0.4, 0.5) is 0 Å². The van der Waals surface area contributed by atoms with Crippen LogP contribution in [0.5, 0.6) is 0 Å². The predicted molar refractivity (Wildman–Crippen MR) is 72.5 cm³/mol. The van der Waals surface area contributed by atoms with Gasteiger partial charge in [0.1, 0.15) is 0 Å². The molecular formula is C13H26N2O4. The van der Waals surface area contributed by atoms with E-state index < -0.39 is 0 Å². The molecule has 6 heteroatoms. The fourth-order valence-corrected chi connectivity index (χ4v) is 1.67. The second-order valence-corrected chi connectivity index (χ2v) is 4.41. The Bertz CT molecular complexity index is 223. The first-order valence-corrected chi connectivity index (χ1v) is 6.95. The van der Waals surface area contributed by atoms with E-state index in [1.165, 1.54) is 0 Å². The molecule has 0 saturated heterocycles. The Morgan fingerprint density at radius 1 is 0.684 bits per heavy atom. The lowest BCUT2D eigenvalue weighted by molar-refractivity contribution is -0.122. The minimum atomic E-state index is -0.0237. The van der Waals surface area contributed by atoms with Crippen molar-refractivity contribution in [1.82, 2.24) is 10.6 Å². The molecule has 4 N–H and O–H groups in total. The molecule has 0 spiro atoms. The van der Waals surface area contributed by atoms with E-state index in [0.717, 1.165) is 32.1 Å². The second-order valence-electron chi connectivity index (χ2n) is 4.41. The summed E-state index contributed by atoms with van der Waals surface area (Å²) in [6.07, 6.45) is 5.64. The lowest BCUT2D eigenvalue weighted by atomic mass is 10.1. The predicted octanol–water partition coefficient (Wildman–Crippen LogP) is -0.0659. The SMILES string of the molecule is O=C(CCCCCCCC(=O)NCCO)NCCO. The Balaban J connectivity index is 3.22. The number of nitrogens with one attached hydrogen (secondary N) is 2. The van der Waals surface area contributed by atoms with Gasteiger partial charge in [-0.05, 0) is 12.8 Å². The van der Waals surface area contributed by atoms with Crippen LogP contribution in [0.15, 0.2) is 0 Å². The Labute approximate surface area is 114 Å². The molecule has 0 aromatic rings. The van der Waals surface area contributed by atoms with E-state index in [1.54, 1.807) is 0 Å². The van der Waals surface area contributed by atoms with Crippen LogP contribution < -0.4 is 10.6 Å². The van der Waals surface area contributed by atoms with E-state index in [-0.39, 0.29) is 25.0 Å². The van der Waals surface area contributed by atoms with Crippen molar-refractivity contribution in [3.63, 3.8) is 0 Å². The molecule has 0 aromatic heterocycles. The number of aliphatic hydroxyl groups excluding tert-OH is 2. The number of amides is 2. The van der Waals surface area contributed by atoms with E-state index in [9.17, 15) is 9.59 Å². The Morgan fingerprint density at radius 3 is 1.42 bits per heavy atom. The van der Waals surface area contributed by atoms with Gasteiger partial charge in [0.05, 0.1) is 13.2 Å². The normalized spacial score (nSPS) is 10.2. The van der Waals surface area contributed by atoms with E-state index >= 15 is 0 Å². The van der Waals surface area contributed by atoms with E-state index in [1.807, 2.05) is 0 Å². The number of carbonyl (C=O) groups is 2. The summed E-state index contributed by atoms with van der Waals surface area (Å²) in [6.45, 7) is 0.595. The molecule has 0 aliphatic carbocycles. The zero-order chi connectivity index (χ0) is 14.3. The highest BCUT2D eigenvalue weighted by Crippen LogP contribution is 2.07. The zero-order valence-electron chi connectivity index (χ0n) is 11.5. The summed E-state index contributed by atoms with van der Waals surface area (Å²) in [6, 6.07) is 0. The molecule has 0 radical (unpaired) electrons. The van der Waals surface area contributed by atoms with Crippen LogP contribution in [0.1, 0.15) is 44.9 Å². The van der Waals surface area contributed by atoms with E-state index in [4.69, 9.17) is 10.2 Å². The molecule has 0 aliphatic heterocycles. The molecule has 0 atom stereocenters. The van der Waals surface area contributed by atoms with Gasteiger partial charge in [-0.15, -0.1) is 0 Å². The van der Waals surface area contributed by atoms with Crippen molar-refractivity contribution >= 4 is 11.8 Å². The fourth-order valence-electron chi connectivity index (χ4n) is 1.67. The molecule has 19 heavy (non-hydrogen) atoms. The number of hydrogen-bond acceptors (Lipinski definition) is 4. The minimum absolute atomic E-state index is 0.0163. The number of unbranched alkanes of at least 4 members (excludes halogenated alkanes) is 4. The summed E-state index contributed by atoms with van der Waals surface area (Å²) >= 11 is 0. The zero-order valence-corrected chi connectivity index (χ0v) is 11.5. The smallest absolute Gasteiger partial charge is 0.220 e. The number of hydrogen-bond donors (Lipinski definition) is 4. The van der Waals surface area contributed by atoms with Gasteiger partial charge in [0.25, 0.3) is 0 Å². The minimum Gasteiger partial charge on any atom is -0.395 e. The Kier molecular flexibility index (Phi) is 12.5. The van der Waals surface area contributed by atoms with Crippen LogP contribution in [-0.2, 0) is 9.59 Å². The number of rotatable bonds is 12. The summed E-state index contributed by atoms with van der Waals surface area (Å²) in [7, 11) is 0. The lowest BCUT2D eigenvalue weighted by Gasteiger charge is -2.04. The van der Waals surface area contributed by atoms with Gasteiger partial charge in [0.15, 0.2) is 0 Å². The van der Waals surface area contributed by atoms with Crippen molar-refractivity contribution < 1.29 is 19.8 Å². The third-order valence-corrected chi connectivity index (χ3v) is 2.68. The van der Waals surface area contributed by atoms with Crippen molar-refractivity contribution in [2.24, 2.45) is 0 Å². The highest BCUT2D eigenvalue weighted by atomic mass is 16.3. The molecule has 112 valence electrons. The fraction of sp³-hybridized carbons (Fsp3) is 0.846. The lowest BCUT2D eigenvalue weighted by Crippen LogP contribution is -2.26. The van der Waals surface area contributed by atoms with Crippen LogP contribution in [0.25, 0.3) is 0 Å². The van der Waals surface area contributed by atoms with Crippen molar-refractivity contribution in [3.05, 3.63) is 0 Å². The quantitative estimate of drug-likeness (QED) is 0.374. The van der Waals surface area contributed by atoms with E-state index in [2.05, 4.69) is 10.6 Å². The van der Waals surface area contributed by atoms with Gasteiger partial charge in [-0.25, -0.2) is 0 Å². The van der Waals surface area contributed by atoms with Crippen molar-refractivity contribution in [2.45, 2.75) is 44.9 Å². The van der Waals surface area contributed by atoms with Gasteiger partial charge in [0.2, 0.25) is 11.8 Å². The molecule has 0 aliphatic rings. The summed E-state index contributed by atoms with van der Waals surface area (Å²) in [5.74, 6) is -0.0325. The maximum atomic E-state index is 11.2. The second kappa shape index (κ2) is 13.3. The Hall–Kier alpha value is -1.14. The van der Waals surface area contributed by atoms with Crippen molar-refractivity contribution in [2.75, 3.05) is 26.3 Å². The third kappa shape index (κ3) is 13.1. The molecule has 2 amide bonds. The van der Waals surface area contributed by atoms with E-state index in [0.29, 0.717) is 25.9 Å². The maximum Gasteiger partial charge on any atom is 0.220 e. The molecule has 6 nitrogen and oxygen atoms in total. The van der Waals surface area contributed by atoms with Crippen LogP contribution in [0, 0.1) is 0 Å². The molecule has 0 fully saturated rings. The maximum absolute atomic E-state index is 11.2. The first-order valence-electron chi connectivity index (χ1n) is 6.95. The molecule has 0 heterocycles. The molecule has 0 bridgehead atoms. The summed E-state index contributed by atoms with van der Waals surface area (Å²) < 4.78 is 0. The van der Waals surface area contributed by atoms with Gasteiger partial charge >= 0.3 is 0 Å². The first-order chi connectivity index (χ1) is 9.20. The number of aliphatic hydroxyl groups is 2. The molecule has 0 saturated carbocycles. The molecule has 0 unspecified atom stereocenters. The standard InChI is InChI=1S/C13H26N2O4/c16-10-8-14-12(18)6-4-2-1-3-5-7-13(19)15-9-11-17/h16-17H,1-11H2,(H,14,18)(H,15,19). The largest absolute Gasteiger partial charge is 0.395 e. The van der Waals surface area contributed by atoms with Crippen LogP contribution in [0.3, 0.4) is 0 Å². The average Bonchev–Trinajstić information content (AvgIpc) is 2.41. The van der Waals surface area contributed by atoms with Gasteiger partial charge in [0, 0.05) is 25.9 Å². The monoisotopic (exact) mass is 274 g/mol. The van der Waals surface area contributed by atoms with Crippen LogP contribution in [0.2, 0.25) is 0 Å². The molecular weight excluding hydrogens is 248 g/mol. The van der Waals surface area contributed by atoms with Gasteiger partial charge in [-0.3, -0.25) is 9.59 Å².